The van der Waals surface area contributed by atoms with E-state index in [0.717, 1.165) is 23.0 Å². The molecule has 0 saturated carbocycles. The van der Waals surface area contributed by atoms with E-state index in [1.165, 1.54) is 5.56 Å². The van der Waals surface area contributed by atoms with E-state index in [0.29, 0.717) is 6.42 Å². The van der Waals surface area contributed by atoms with Crippen molar-refractivity contribution in [2.75, 3.05) is 0 Å². The molecular weight excluding hydrogens is 226 g/mol. The van der Waals surface area contributed by atoms with Crippen LogP contribution in [0.3, 0.4) is 0 Å². The second-order valence-electron chi connectivity index (χ2n) is 4.76. The number of carboxylic acid groups (broad SMARTS) is 1. The Hall–Kier alpha value is -1.90. The molecule has 18 heavy (non-hydrogen) atoms. The fourth-order valence-corrected chi connectivity index (χ4v) is 1.94. The van der Waals surface area contributed by atoms with E-state index < -0.39 is 5.97 Å². The van der Waals surface area contributed by atoms with E-state index in [1.807, 2.05) is 25.1 Å². The minimum absolute atomic E-state index is 0.295. The number of fused-ring (bicyclic) bond motifs is 1. The SMILES string of the molecule is Cc1ccc2cc(CCC(C)C(=O)O)ccc2n1. The van der Waals surface area contributed by atoms with Crippen molar-refractivity contribution in [2.24, 2.45) is 5.92 Å². The van der Waals surface area contributed by atoms with Gasteiger partial charge in [-0.15, -0.1) is 0 Å². The lowest BCUT2D eigenvalue weighted by Crippen LogP contribution is -2.10. The molecule has 0 amide bonds. The third-order valence-electron chi connectivity index (χ3n) is 3.18. The highest BCUT2D eigenvalue weighted by Gasteiger charge is 2.10. The summed E-state index contributed by atoms with van der Waals surface area (Å²) in [4.78, 5) is 15.2. The summed E-state index contributed by atoms with van der Waals surface area (Å²) in [5.74, 6) is -1.02. The minimum atomic E-state index is -0.729. The summed E-state index contributed by atoms with van der Waals surface area (Å²) in [6.45, 7) is 3.72. The van der Waals surface area contributed by atoms with E-state index in [-0.39, 0.29) is 5.92 Å². The molecule has 0 aliphatic heterocycles. The maximum absolute atomic E-state index is 10.8. The molecule has 3 heteroatoms. The Kier molecular flexibility index (Phi) is 3.60. The number of hydrogen-bond donors (Lipinski definition) is 1. The Labute approximate surface area is 106 Å². The number of aryl methyl sites for hydroxylation is 2. The molecule has 94 valence electrons. The highest BCUT2D eigenvalue weighted by atomic mass is 16.4. The summed E-state index contributed by atoms with van der Waals surface area (Å²) in [6.07, 6.45) is 1.46. The normalized spacial score (nSPS) is 12.6. The topological polar surface area (TPSA) is 50.2 Å². The number of aromatic nitrogens is 1. The van der Waals surface area contributed by atoms with Crippen LogP contribution in [0.15, 0.2) is 30.3 Å². The fourth-order valence-electron chi connectivity index (χ4n) is 1.94. The number of hydrogen-bond acceptors (Lipinski definition) is 2. The second kappa shape index (κ2) is 5.17. The molecule has 0 aliphatic rings. The van der Waals surface area contributed by atoms with Crippen LogP contribution in [0.4, 0.5) is 0 Å². The molecular formula is C15H17NO2. The summed E-state index contributed by atoms with van der Waals surface area (Å²) in [5, 5.41) is 9.96. The van der Waals surface area contributed by atoms with Gasteiger partial charge in [-0.3, -0.25) is 9.78 Å². The monoisotopic (exact) mass is 243 g/mol. The van der Waals surface area contributed by atoms with E-state index in [4.69, 9.17) is 5.11 Å². The lowest BCUT2D eigenvalue weighted by Gasteiger charge is -2.07. The number of benzene rings is 1. The molecule has 2 rings (SSSR count). The van der Waals surface area contributed by atoms with Gasteiger partial charge in [0.2, 0.25) is 0 Å². The molecule has 2 aromatic rings. The standard InChI is InChI=1S/C15H17NO2/c1-10(15(17)18)3-5-12-6-8-14-13(9-12)7-4-11(2)16-14/h4,6-10H,3,5H2,1-2H3,(H,17,18). The van der Waals surface area contributed by atoms with Crippen LogP contribution in [0.5, 0.6) is 0 Å². The van der Waals surface area contributed by atoms with Crippen LogP contribution in [0, 0.1) is 12.8 Å². The Morgan fingerprint density at radius 2 is 2.11 bits per heavy atom. The third kappa shape index (κ3) is 2.86. The quantitative estimate of drug-likeness (QED) is 0.897. The predicted molar refractivity (Wildman–Crippen MR) is 71.6 cm³/mol. The zero-order valence-electron chi connectivity index (χ0n) is 10.7. The highest BCUT2D eigenvalue weighted by Crippen LogP contribution is 2.17. The first-order valence-corrected chi connectivity index (χ1v) is 6.15. The number of carboxylic acids is 1. The molecule has 1 unspecified atom stereocenters. The zero-order valence-corrected chi connectivity index (χ0v) is 10.7. The van der Waals surface area contributed by atoms with Crippen molar-refractivity contribution in [3.05, 3.63) is 41.6 Å². The van der Waals surface area contributed by atoms with Crippen molar-refractivity contribution < 1.29 is 9.90 Å². The summed E-state index contributed by atoms with van der Waals surface area (Å²) < 4.78 is 0. The van der Waals surface area contributed by atoms with Crippen molar-refractivity contribution in [2.45, 2.75) is 26.7 Å². The van der Waals surface area contributed by atoms with Crippen molar-refractivity contribution in [1.29, 1.82) is 0 Å². The van der Waals surface area contributed by atoms with Crippen molar-refractivity contribution in [3.63, 3.8) is 0 Å². The largest absolute Gasteiger partial charge is 0.481 e. The summed E-state index contributed by atoms with van der Waals surface area (Å²) in [7, 11) is 0. The van der Waals surface area contributed by atoms with Crippen LogP contribution < -0.4 is 0 Å². The van der Waals surface area contributed by atoms with Crippen LogP contribution in [0.1, 0.15) is 24.6 Å². The second-order valence-corrected chi connectivity index (χ2v) is 4.76. The van der Waals surface area contributed by atoms with Gasteiger partial charge in [0.05, 0.1) is 11.4 Å². The van der Waals surface area contributed by atoms with E-state index >= 15 is 0 Å². The average Bonchev–Trinajstić information content (AvgIpc) is 2.35. The van der Waals surface area contributed by atoms with Gasteiger partial charge in [-0.25, -0.2) is 0 Å². The van der Waals surface area contributed by atoms with Crippen molar-refractivity contribution >= 4 is 16.9 Å². The molecule has 0 spiro atoms. The molecule has 1 aromatic heterocycles. The Morgan fingerprint density at radius 3 is 2.83 bits per heavy atom. The first-order valence-electron chi connectivity index (χ1n) is 6.15. The fraction of sp³-hybridized carbons (Fsp3) is 0.333. The van der Waals surface area contributed by atoms with Crippen LogP contribution in [-0.4, -0.2) is 16.1 Å². The number of pyridine rings is 1. The number of rotatable bonds is 4. The smallest absolute Gasteiger partial charge is 0.306 e. The maximum atomic E-state index is 10.8. The summed E-state index contributed by atoms with van der Waals surface area (Å²) in [6, 6.07) is 10.2. The van der Waals surface area contributed by atoms with Gasteiger partial charge in [-0.2, -0.15) is 0 Å². The first-order chi connectivity index (χ1) is 8.56. The molecule has 0 saturated heterocycles. The molecule has 1 N–H and O–H groups in total. The van der Waals surface area contributed by atoms with Crippen molar-refractivity contribution in [1.82, 2.24) is 4.98 Å². The molecule has 0 radical (unpaired) electrons. The minimum Gasteiger partial charge on any atom is -0.481 e. The van der Waals surface area contributed by atoms with E-state index in [2.05, 4.69) is 17.1 Å². The lowest BCUT2D eigenvalue weighted by atomic mass is 10.00. The van der Waals surface area contributed by atoms with E-state index in [1.54, 1.807) is 6.92 Å². The number of carbonyl (C=O) groups is 1. The zero-order chi connectivity index (χ0) is 13.1. The molecule has 1 atom stereocenters. The van der Waals surface area contributed by atoms with Crippen molar-refractivity contribution in [3.8, 4) is 0 Å². The average molecular weight is 243 g/mol. The van der Waals surface area contributed by atoms with Crippen LogP contribution in [0.25, 0.3) is 10.9 Å². The van der Waals surface area contributed by atoms with Gasteiger partial charge in [0.25, 0.3) is 0 Å². The molecule has 3 nitrogen and oxygen atoms in total. The lowest BCUT2D eigenvalue weighted by molar-refractivity contribution is -0.141. The predicted octanol–water partition coefficient (Wildman–Crippen LogP) is 3.20. The van der Waals surface area contributed by atoms with Gasteiger partial charge >= 0.3 is 5.97 Å². The van der Waals surface area contributed by atoms with Gasteiger partial charge in [-0.1, -0.05) is 19.1 Å². The third-order valence-corrected chi connectivity index (χ3v) is 3.18. The summed E-state index contributed by atoms with van der Waals surface area (Å²) >= 11 is 0. The number of aliphatic carboxylic acids is 1. The Balaban J connectivity index is 2.15. The van der Waals surface area contributed by atoms with Gasteiger partial charge in [0.15, 0.2) is 0 Å². The Morgan fingerprint density at radius 1 is 1.33 bits per heavy atom. The van der Waals surface area contributed by atoms with Gasteiger partial charge in [-0.05, 0) is 43.5 Å². The van der Waals surface area contributed by atoms with Crippen LogP contribution in [0.2, 0.25) is 0 Å². The van der Waals surface area contributed by atoms with E-state index in [9.17, 15) is 4.79 Å². The van der Waals surface area contributed by atoms with Gasteiger partial charge in [0, 0.05) is 11.1 Å². The molecule has 0 fully saturated rings. The first kappa shape index (κ1) is 12.6. The van der Waals surface area contributed by atoms with Gasteiger partial charge in [0.1, 0.15) is 0 Å². The van der Waals surface area contributed by atoms with Crippen LogP contribution >= 0.6 is 0 Å². The number of nitrogens with zero attached hydrogens (tertiary/aromatic N) is 1. The highest BCUT2D eigenvalue weighted by molar-refractivity contribution is 5.79. The Bertz CT molecular complexity index is 578. The molecule has 0 aliphatic carbocycles. The molecule has 0 bridgehead atoms. The summed E-state index contributed by atoms with van der Waals surface area (Å²) in [5.41, 5.74) is 3.17. The van der Waals surface area contributed by atoms with Crippen LogP contribution in [-0.2, 0) is 11.2 Å². The molecule has 1 aromatic carbocycles. The van der Waals surface area contributed by atoms with Gasteiger partial charge < -0.3 is 5.11 Å². The molecule has 1 heterocycles. The maximum Gasteiger partial charge on any atom is 0.306 e.